The lowest BCUT2D eigenvalue weighted by molar-refractivity contribution is -0.161. The van der Waals surface area contributed by atoms with Crippen molar-refractivity contribution in [3.63, 3.8) is 0 Å². The van der Waals surface area contributed by atoms with Crippen LogP contribution in [0.1, 0.15) is 53.9 Å². The summed E-state index contributed by atoms with van der Waals surface area (Å²) in [4.78, 5) is 34.6. The Hall–Kier alpha value is -2.11. The quantitative estimate of drug-likeness (QED) is 0.245. The van der Waals surface area contributed by atoms with Gasteiger partial charge in [-0.25, -0.2) is 0 Å². The first kappa shape index (κ1) is 22.9. The van der Waals surface area contributed by atoms with Gasteiger partial charge in [-0.1, -0.05) is 17.2 Å². The largest absolute Gasteiger partial charge is 0.465 e. The molecular weight excluding hydrogens is 324 g/mol. The summed E-state index contributed by atoms with van der Waals surface area (Å²) in [6.07, 6.45) is 5.72. The van der Waals surface area contributed by atoms with Crippen LogP contribution in [0.4, 0.5) is 0 Å². The van der Waals surface area contributed by atoms with E-state index in [1.165, 1.54) is 6.92 Å². The number of carbonyl (C=O) groups excluding carboxylic acids is 3. The Bertz CT molecular complexity index is 486. The molecule has 6 heteroatoms. The van der Waals surface area contributed by atoms with E-state index in [0.717, 1.165) is 24.0 Å². The van der Waals surface area contributed by atoms with Crippen LogP contribution in [0.3, 0.4) is 0 Å². The molecule has 0 aromatic heterocycles. The molecule has 0 atom stereocenters. The molecule has 0 bridgehead atoms. The molecule has 0 amide bonds. The van der Waals surface area contributed by atoms with Crippen molar-refractivity contribution in [2.24, 2.45) is 5.92 Å². The summed E-state index contributed by atoms with van der Waals surface area (Å²) in [5.41, 5.74) is 2.04. The molecule has 0 heterocycles. The lowest BCUT2D eigenvalue weighted by Crippen LogP contribution is -2.28. The van der Waals surface area contributed by atoms with Gasteiger partial charge in [0.25, 0.3) is 0 Å². The first-order chi connectivity index (χ1) is 11.8. The Morgan fingerprint density at radius 3 is 1.88 bits per heavy atom. The molecule has 0 aliphatic rings. The first-order valence-corrected chi connectivity index (χ1v) is 8.59. The van der Waals surface area contributed by atoms with Crippen LogP contribution in [-0.2, 0) is 28.6 Å². The van der Waals surface area contributed by atoms with Gasteiger partial charge in [-0.15, -0.1) is 0 Å². The summed E-state index contributed by atoms with van der Waals surface area (Å²) in [5, 5.41) is 0. The van der Waals surface area contributed by atoms with E-state index in [0.29, 0.717) is 0 Å². The van der Waals surface area contributed by atoms with Crippen LogP contribution in [0.2, 0.25) is 0 Å². The van der Waals surface area contributed by atoms with Crippen LogP contribution >= 0.6 is 0 Å². The lowest BCUT2D eigenvalue weighted by atomic mass is 9.99. The van der Waals surface area contributed by atoms with Crippen LogP contribution in [0.5, 0.6) is 0 Å². The third kappa shape index (κ3) is 11.1. The number of rotatable bonds is 11. The third-order valence-electron chi connectivity index (χ3n) is 3.42. The van der Waals surface area contributed by atoms with Gasteiger partial charge in [0.15, 0.2) is 5.92 Å². The molecular formula is C19H30O6. The van der Waals surface area contributed by atoms with Crippen molar-refractivity contribution in [2.75, 3.05) is 19.8 Å². The smallest absolute Gasteiger partial charge is 0.320 e. The zero-order chi connectivity index (χ0) is 19.2. The maximum absolute atomic E-state index is 11.9. The van der Waals surface area contributed by atoms with E-state index in [4.69, 9.17) is 14.2 Å². The molecule has 0 unspecified atom stereocenters. The van der Waals surface area contributed by atoms with Crippen molar-refractivity contribution >= 4 is 17.9 Å². The van der Waals surface area contributed by atoms with Crippen LogP contribution in [0, 0.1) is 5.92 Å². The van der Waals surface area contributed by atoms with E-state index in [-0.39, 0.29) is 32.2 Å². The molecule has 6 nitrogen and oxygen atoms in total. The average molecular weight is 354 g/mol. The van der Waals surface area contributed by atoms with Gasteiger partial charge < -0.3 is 14.2 Å². The highest BCUT2D eigenvalue weighted by Gasteiger charge is 2.29. The predicted molar refractivity (Wildman–Crippen MR) is 94.8 cm³/mol. The molecule has 0 saturated heterocycles. The number of esters is 3. The van der Waals surface area contributed by atoms with E-state index < -0.39 is 17.9 Å². The van der Waals surface area contributed by atoms with Gasteiger partial charge in [0, 0.05) is 6.92 Å². The van der Waals surface area contributed by atoms with Crippen molar-refractivity contribution in [3.05, 3.63) is 23.3 Å². The van der Waals surface area contributed by atoms with E-state index >= 15 is 0 Å². The summed E-state index contributed by atoms with van der Waals surface area (Å²) in [6, 6.07) is 0. The topological polar surface area (TPSA) is 78.9 Å². The summed E-state index contributed by atoms with van der Waals surface area (Å²) in [6.45, 7) is 9.35. The van der Waals surface area contributed by atoms with E-state index in [2.05, 4.69) is 0 Å². The van der Waals surface area contributed by atoms with Gasteiger partial charge in [0.2, 0.25) is 0 Å². The standard InChI is InChI=1S/C19H30O6/c1-6-23-18(21)17(19(22)24-7-2)13-15(4)10-8-9-14(3)11-12-25-16(5)20/h10-11,17H,6-9,12-13H2,1-5H3/b14-11+,15-10+. The van der Waals surface area contributed by atoms with Gasteiger partial charge >= 0.3 is 17.9 Å². The minimum absolute atomic E-state index is 0.226. The third-order valence-corrected chi connectivity index (χ3v) is 3.42. The number of hydrogen-bond donors (Lipinski definition) is 0. The molecule has 0 aliphatic heterocycles. The molecule has 0 N–H and O–H groups in total. The predicted octanol–water partition coefficient (Wildman–Crippen LogP) is 3.35. The molecule has 0 aromatic carbocycles. The molecule has 0 saturated carbocycles. The van der Waals surface area contributed by atoms with Gasteiger partial charge in [-0.2, -0.15) is 0 Å². The molecule has 0 spiro atoms. The summed E-state index contributed by atoms with van der Waals surface area (Å²) >= 11 is 0. The zero-order valence-corrected chi connectivity index (χ0v) is 15.9. The van der Waals surface area contributed by atoms with Gasteiger partial charge in [0.1, 0.15) is 6.61 Å². The Balaban J connectivity index is 4.59. The Labute approximate surface area is 150 Å². The molecule has 0 aliphatic carbocycles. The Kier molecular flexibility index (Phi) is 12.1. The normalized spacial score (nSPS) is 12.1. The van der Waals surface area contributed by atoms with Crippen LogP contribution in [-0.4, -0.2) is 37.7 Å². The van der Waals surface area contributed by atoms with Crippen LogP contribution in [0.15, 0.2) is 23.3 Å². The minimum Gasteiger partial charge on any atom is -0.465 e. The van der Waals surface area contributed by atoms with Crippen molar-refractivity contribution in [3.8, 4) is 0 Å². The number of allylic oxidation sites excluding steroid dienone is 3. The SMILES string of the molecule is CCOC(=O)C(C/C(C)=C/CC/C(C)=C/COC(C)=O)C(=O)OCC. The second kappa shape index (κ2) is 13.2. The zero-order valence-electron chi connectivity index (χ0n) is 15.9. The number of carbonyl (C=O) groups is 3. The summed E-state index contributed by atoms with van der Waals surface area (Å²) < 4.78 is 14.8. The fraction of sp³-hybridized carbons (Fsp3) is 0.632. The molecule has 0 fully saturated rings. The number of hydrogen-bond acceptors (Lipinski definition) is 6. The minimum atomic E-state index is -0.920. The summed E-state index contributed by atoms with van der Waals surface area (Å²) in [5.74, 6) is -2.32. The first-order valence-electron chi connectivity index (χ1n) is 8.59. The average Bonchev–Trinajstić information content (AvgIpc) is 2.52. The van der Waals surface area contributed by atoms with Crippen molar-refractivity contribution < 1.29 is 28.6 Å². The van der Waals surface area contributed by atoms with Gasteiger partial charge in [0.05, 0.1) is 13.2 Å². The molecule has 0 rings (SSSR count). The highest BCUT2D eigenvalue weighted by atomic mass is 16.6. The molecule has 0 radical (unpaired) electrons. The molecule has 0 aromatic rings. The second-order valence-electron chi connectivity index (χ2n) is 5.70. The van der Waals surface area contributed by atoms with E-state index in [1.807, 2.05) is 26.0 Å². The maximum atomic E-state index is 11.9. The maximum Gasteiger partial charge on any atom is 0.320 e. The van der Waals surface area contributed by atoms with Crippen molar-refractivity contribution in [2.45, 2.75) is 53.9 Å². The fourth-order valence-electron chi connectivity index (χ4n) is 2.10. The second-order valence-corrected chi connectivity index (χ2v) is 5.70. The van der Waals surface area contributed by atoms with Crippen molar-refractivity contribution in [1.29, 1.82) is 0 Å². The fourth-order valence-corrected chi connectivity index (χ4v) is 2.10. The lowest BCUT2D eigenvalue weighted by Gasteiger charge is -2.14. The Morgan fingerprint density at radius 1 is 0.840 bits per heavy atom. The highest BCUT2D eigenvalue weighted by Crippen LogP contribution is 2.17. The number of ether oxygens (including phenoxy) is 3. The van der Waals surface area contributed by atoms with Gasteiger partial charge in [-0.05, 0) is 53.0 Å². The molecule has 142 valence electrons. The summed E-state index contributed by atoms with van der Waals surface area (Å²) in [7, 11) is 0. The van der Waals surface area contributed by atoms with Crippen LogP contribution in [0.25, 0.3) is 0 Å². The van der Waals surface area contributed by atoms with Crippen LogP contribution < -0.4 is 0 Å². The van der Waals surface area contributed by atoms with Crippen molar-refractivity contribution in [1.82, 2.24) is 0 Å². The Morgan fingerprint density at radius 2 is 1.40 bits per heavy atom. The van der Waals surface area contributed by atoms with E-state index in [1.54, 1.807) is 13.8 Å². The monoisotopic (exact) mass is 354 g/mol. The van der Waals surface area contributed by atoms with E-state index in [9.17, 15) is 14.4 Å². The highest BCUT2D eigenvalue weighted by molar-refractivity contribution is 5.95. The van der Waals surface area contributed by atoms with Gasteiger partial charge in [-0.3, -0.25) is 14.4 Å². The molecule has 25 heavy (non-hydrogen) atoms.